The minimum absolute atomic E-state index is 0.0214. The molecule has 1 heterocycles. The van der Waals surface area contributed by atoms with Crippen LogP contribution in [0.1, 0.15) is 12.0 Å². The lowest BCUT2D eigenvalue weighted by Crippen LogP contribution is -2.43. The van der Waals surface area contributed by atoms with E-state index in [4.69, 9.17) is 5.73 Å². The highest BCUT2D eigenvalue weighted by molar-refractivity contribution is 6.04. The molecule has 23 heavy (non-hydrogen) atoms. The van der Waals surface area contributed by atoms with E-state index in [1.807, 2.05) is 30.3 Å². The number of hydrogen-bond donors (Lipinski definition) is 1. The van der Waals surface area contributed by atoms with Crippen LogP contribution in [0.15, 0.2) is 30.3 Å². The fraction of sp³-hybridized carbons (Fsp3) is 0.438. The number of likely N-dealkylation sites (N-methyl/N-ethyl adjacent to an activating group) is 1. The lowest BCUT2D eigenvalue weighted by molar-refractivity contribution is -0.137. The number of amides is 4. The zero-order valence-electron chi connectivity index (χ0n) is 13.3. The summed E-state index contributed by atoms with van der Waals surface area (Å²) in [5.74, 6) is -0.594. The summed E-state index contributed by atoms with van der Waals surface area (Å²) in [6.07, 6.45) is 0.667. The van der Waals surface area contributed by atoms with Crippen LogP contribution in [0.25, 0.3) is 0 Å². The van der Waals surface area contributed by atoms with E-state index in [2.05, 4.69) is 0 Å². The first-order chi connectivity index (χ1) is 11.0. The summed E-state index contributed by atoms with van der Waals surface area (Å²) >= 11 is 0. The van der Waals surface area contributed by atoms with Crippen LogP contribution >= 0.6 is 0 Å². The standard InChI is InChI=1S/C16H22N4O3/c1-18-11-15(22)20(16(18)23)12-14(21)19(9-5-8-17)10-13-6-3-2-4-7-13/h2-4,6-7H,5,8-12,17H2,1H3. The van der Waals surface area contributed by atoms with Crippen molar-refractivity contribution in [2.45, 2.75) is 13.0 Å². The summed E-state index contributed by atoms with van der Waals surface area (Å²) in [5.41, 5.74) is 6.53. The molecule has 1 aliphatic heterocycles. The van der Waals surface area contributed by atoms with Gasteiger partial charge < -0.3 is 15.5 Å². The highest BCUT2D eigenvalue weighted by atomic mass is 16.2. The molecule has 0 atom stereocenters. The van der Waals surface area contributed by atoms with Gasteiger partial charge in [-0.3, -0.25) is 14.5 Å². The molecule has 1 aromatic carbocycles. The van der Waals surface area contributed by atoms with Gasteiger partial charge in [-0.25, -0.2) is 4.79 Å². The molecule has 0 spiro atoms. The van der Waals surface area contributed by atoms with Gasteiger partial charge in [0.05, 0.1) is 0 Å². The third-order valence-corrected chi connectivity index (χ3v) is 3.73. The number of nitrogens with two attached hydrogens (primary N) is 1. The van der Waals surface area contributed by atoms with Crippen molar-refractivity contribution in [3.63, 3.8) is 0 Å². The molecule has 0 unspecified atom stereocenters. The molecule has 0 aliphatic carbocycles. The monoisotopic (exact) mass is 318 g/mol. The molecule has 0 bridgehead atoms. The summed E-state index contributed by atoms with van der Waals surface area (Å²) in [4.78, 5) is 40.2. The molecule has 4 amide bonds. The van der Waals surface area contributed by atoms with E-state index in [-0.39, 0.29) is 24.9 Å². The number of imide groups is 1. The maximum atomic E-state index is 12.5. The van der Waals surface area contributed by atoms with Gasteiger partial charge in [-0.15, -0.1) is 0 Å². The van der Waals surface area contributed by atoms with Gasteiger partial charge in [-0.1, -0.05) is 30.3 Å². The largest absolute Gasteiger partial charge is 0.337 e. The smallest absolute Gasteiger partial charge is 0.327 e. The third kappa shape index (κ3) is 4.29. The molecule has 0 aromatic heterocycles. The number of rotatable bonds is 7. The highest BCUT2D eigenvalue weighted by Crippen LogP contribution is 2.10. The zero-order valence-corrected chi connectivity index (χ0v) is 13.3. The Balaban J connectivity index is 2.04. The number of benzene rings is 1. The Morgan fingerprint density at radius 3 is 2.52 bits per heavy atom. The highest BCUT2D eigenvalue weighted by Gasteiger charge is 2.35. The second-order valence-corrected chi connectivity index (χ2v) is 5.56. The van der Waals surface area contributed by atoms with E-state index in [0.717, 1.165) is 10.5 Å². The van der Waals surface area contributed by atoms with Gasteiger partial charge in [0, 0.05) is 20.1 Å². The summed E-state index contributed by atoms with van der Waals surface area (Å²) in [6, 6.07) is 9.16. The predicted molar refractivity (Wildman–Crippen MR) is 85.3 cm³/mol. The number of urea groups is 1. The average Bonchev–Trinajstić information content (AvgIpc) is 2.78. The van der Waals surface area contributed by atoms with Crippen molar-refractivity contribution < 1.29 is 14.4 Å². The third-order valence-electron chi connectivity index (χ3n) is 3.73. The van der Waals surface area contributed by atoms with Crippen LogP contribution in [0.5, 0.6) is 0 Å². The Morgan fingerprint density at radius 1 is 1.26 bits per heavy atom. The van der Waals surface area contributed by atoms with E-state index in [0.29, 0.717) is 26.1 Å². The predicted octanol–water partition coefficient (Wildman–Crippen LogP) is 0.258. The molecule has 124 valence electrons. The Bertz CT molecular complexity index is 576. The Kier molecular flexibility index (Phi) is 5.70. The van der Waals surface area contributed by atoms with Crippen molar-refractivity contribution in [2.24, 2.45) is 5.73 Å². The summed E-state index contributed by atoms with van der Waals surface area (Å²) < 4.78 is 0. The lowest BCUT2D eigenvalue weighted by Gasteiger charge is -2.24. The van der Waals surface area contributed by atoms with Crippen molar-refractivity contribution in [3.8, 4) is 0 Å². The summed E-state index contributed by atoms with van der Waals surface area (Å²) in [6.45, 7) is 1.21. The quantitative estimate of drug-likeness (QED) is 0.731. The first-order valence-electron chi connectivity index (χ1n) is 7.60. The molecule has 7 nitrogen and oxygen atoms in total. The molecular formula is C16H22N4O3. The van der Waals surface area contributed by atoms with Gasteiger partial charge in [-0.2, -0.15) is 0 Å². The Labute approximate surface area is 135 Å². The van der Waals surface area contributed by atoms with E-state index in [9.17, 15) is 14.4 Å². The van der Waals surface area contributed by atoms with Crippen molar-refractivity contribution in [1.29, 1.82) is 0 Å². The van der Waals surface area contributed by atoms with Gasteiger partial charge >= 0.3 is 6.03 Å². The van der Waals surface area contributed by atoms with Gasteiger partial charge in [0.2, 0.25) is 5.91 Å². The Hall–Kier alpha value is -2.41. The second-order valence-electron chi connectivity index (χ2n) is 5.56. The maximum absolute atomic E-state index is 12.5. The van der Waals surface area contributed by atoms with Crippen LogP contribution in [0.2, 0.25) is 0 Å². The summed E-state index contributed by atoms with van der Waals surface area (Å²) in [7, 11) is 1.54. The Morgan fingerprint density at radius 2 is 1.96 bits per heavy atom. The van der Waals surface area contributed by atoms with E-state index >= 15 is 0 Å². The molecule has 1 aromatic rings. The second kappa shape index (κ2) is 7.73. The number of nitrogens with zero attached hydrogens (tertiary/aromatic N) is 3. The minimum atomic E-state index is -0.429. The zero-order chi connectivity index (χ0) is 16.8. The molecule has 1 aliphatic rings. The van der Waals surface area contributed by atoms with E-state index in [1.165, 1.54) is 4.90 Å². The van der Waals surface area contributed by atoms with Crippen molar-refractivity contribution in [3.05, 3.63) is 35.9 Å². The number of carbonyl (C=O) groups excluding carboxylic acids is 3. The molecule has 2 rings (SSSR count). The van der Waals surface area contributed by atoms with Gasteiger partial charge in [-0.05, 0) is 18.5 Å². The SMILES string of the molecule is CN1CC(=O)N(CC(=O)N(CCCN)Cc2ccccc2)C1=O. The molecule has 2 N–H and O–H groups in total. The minimum Gasteiger partial charge on any atom is -0.337 e. The maximum Gasteiger partial charge on any atom is 0.327 e. The van der Waals surface area contributed by atoms with Crippen LogP contribution in [-0.4, -0.2) is 65.8 Å². The molecule has 0 radical (unpaired) electrons. The molecule has 0 saturated carbocycles. The van der Waals surface area contributed by atoms with E-state index in [1.54, 1.807) is 11.9 Å². The normalized spacial score (nSPS) is 14.5. The first-order valence-corrected chi connectivity index (χ1v) is 7.60. The van der Waals surface area contributed by atoms with Crippen molar-refractivity contribution >= 4 is 17.8 Å². The van der Waals surface area contributed by atoms with Crippen molar-refractivity contribution in [1.82, 2.24) is 14.7 Å². The molecule has 1 fully saturated rings. The molecule has 7 heteroatoms. The number of hydrogen-bond acceptors (Lipinski definition) is 4. The first kappa shape index (κ1) is 17.0. The van der Waals surface area contributed by atoms with E-state index < -0.39 is 6.03 Å². The van der Waals surface area contributed by atoms with Crippen LogP contribution in [0.4, 0.5) is 4.79 Å². The fourth-order valence-corrected chi connectivity index (χ4v) is 2.44. The average molecular weight is 318 g/mol. The molecular weight excluding hydrogens is 296 g/mol. The number of carbonyl (C=O) groups is 3. The van der Waals surface area contributed by atoms with Gasteiger partial charge in [0.15, 0.2) is 0 Å². The lowest BCUT2D eigenvalue weighted by atomic mass is 10.2. The van der Waals surface area contributed by atoms with Crippen LogP contribution in [0.3, 0.4) is 0 Å². The van der Waals surface area contributed by atoms with Crippen LogP contribution < -0.4 is 5.73 Å². The fourth-order valence-electron chi connectivity index (χ4n) is 2.44. The topological polar surface area (TPSA) is 87.0 Å². The van der Waals surface area contributed by atoms with Gasteiger partial charge in [0.25, 0.3) is 5.91 Å². The van der Waals surface area contributed by atoms with Crippen LogP contribution in [0, 0.1) is 0 Å². The summed E-state index contributed by atoms with van der Waals surface area (Å²) in [5, 5.41) is 0. The van der Waals surface area contributed by atoms with Crippen LogP contribution in [-0.2, 0) is 16.1 Å². The van der Waals surface area contributed by atoms with Gasteiger partial charge in [0.1, 0.15) is 13.1 Å². The van der Waals surface area contributed by atoms with Crippen molar-refractivity contribution in [2.75, 3.05) is 33.2 Å². The molecule has 1 saturated heterocycles.